The van der Waals surface area contributed by atoms with E-state index in [0.29, 0.717) is 26.1 Å². The maximum Gasteiger partial charge on any atom is 0.133 e. The van der Waals surface area contributed by atoms with Gasteiger partial charge in [0, 0.05) is 12.8 Å². The number of Topliss-reactive ketones (excluding diaryl/α,β-unsaturated/α-hetero) is 1. The van der Waals surface area contributed by atoms with Gasteiger partial charge in [-0.15, -0.1) is 0 Å². The van der Waals surface area contributed by atoms with Crippen LogP contribution in [0.25, 0.3) is 0 Å². The number of hydrogen-bond acceptors (Lipinski definition) is 3. The van der Waals surface area contributed by atoms with Gasteiger partial charge < -0.3 is 9.47 Å². The Balaban J connectivity index is 1.71. The van der Waals surface area contributed by atoms with Gasteiger partial charge in [-0.25, -0.2) is 0 Å². The summed E-state index contributed by atoms with van der Waals surface area (Å²) in [4.78, 5) is 12.1. The van der Waals surface area contributed by atoms with E-state index < -0.39 is 0 Å². The molecule has 0 heterocycles. The second-order valence-electron chi connectivity index (χ2n) is 6.03. The lowest BCUT2D eigenvalue weighted by molar-refractivity contribution is -0.119. The molecular formula is C23H26O3. The maximum atomic E-state index is 12.1. The summed E-state index contributed by atoms with van der Waals surface area (Å²) in [6.07, 6.45) is 6.08. The van der Waals surface area contributed by atoms with Crippen molar-refractivity contribution < 1.29 is 14.3 Å². The summed E-state index contributed by atoms with van der Waals surface area (Å²) < 4.78 is 10.9. The van der Waals surface area contributed by atoms with E-state index in [4.69, 9.17) is 9.47 Å². The van der Waals surface area contributed by atoms with Crippen LogP contribution in [0.3, 0.4) is 0 Å². The largest absolute Gasteiger partial charge is 0.490 e. The molecule has 0 amide bonds. The molecule has 0 unspecified atom stereocenters. The standard InChI is InChI=1S/C23H26O3/c1-3-17-25-22-13-7-19(8-14-22)5-11-21(24)12-6-20-9-15-23(16-10-20)26-18-4-2/h3-4,7-10,13-16H,1-2,5-6,11-12,17-18H2. The second-order valence-corrected chi connectivity index (χ2v) is 6.03. The molecule has 2 rings (SSSR count). The second kappa shape index (κ2) is 10.9. The van der Waals surface area contributed by atoms with Gasteiger partial charge in [0.2, 0.25) is 0 Å². The van der Waals surface area contributed by atoms with Crippen molar-refractivity contribution in [3.05, 3.63) is 85.0 Å². The average molecular weight is 350 g/mol. The molecule has 0 saturated heterocycles. The van der Waals surface area contributed by atoms with Gasteiger partial charge in [0.1, 0.15) is 30.5 Å². The fourth-order valence-electron chi connectivity index (χ4n) is 2.51. The first-order valence-corrected chi connectivity index (χ1v) is 8.88. The van der Waals surface area contributed by atoms with Gasteiger partial charge in [-0.2, -0.15) is 0 Å². The number of rotatable bonds is 12. The third-order valence-electron chi connectivity index (χ3n) is 3.97. The molecule has 0 atom stereocenters. The van der Waals surface area contributed by atoms with Crippen molar-refractivity contribution in [3.8, 4) is 11.5 Å². The van der Waals surface area contributed by atoms with Crippen LogP contribution < -0.4 is 9.47 Å². The smallest absolute Gasteiger partial charge is 0.133 e. The predicted molar refractivity (Wildman–Crippen MR) is 106 cm³/mol. The minimum Gasteiger partial charge on any atom is -0.490 e. The van der Waals surface area contributed by atoms with Gasteiger partial charge in [0.15, 0.2) is 0 Å². The third-order valence-corrected chi connectivity index (χ3v) is 3.97. The Morgan fingerprint density at radius 1 is 0.731 bits per heavy atom. The average Bonchev–Trinajstić information content (AvgIpc) is 2.69. The number of ether oxygens (including phenoxy) is 2. The van der Waals surface area contributed by atoms with Crippen molar-refractivity contribution >= 4 is 5.78 Å². The van der Waals surface area contributed by atoms with Crippen LogP contribution in [-0.4, -0.2) is 19.0 Å². The number of aryl methyl sites for hydroxylation is 2. The summed E-state index contributed by atoms with van der Waals surface area (Å²) in [5.41, 5.74) is 2.29. The zero-order valence-corrected chi connectivity index (χ0v) is 15.2. The van der Waals surface area contributed by atoms with Crippen LogP contribution in [0.4, 0.5) is 0 Å². The Bertz CT molecular complexity index is 638. The van der Waals surface area contributed by atoms with Gasteiger partial charge >= 0.3 is 0 Å². The van der Waals surface area contributed by atoms with Gasteiger partial charge in [0.25, 0.3) is 0 Å². The van der Waals surface area contributed by atoms with Crippen LogP contribution in [0.2, 0.25) is 0 Å². The summed E-state index contributed by atoms with van der Waals surface area (Å²) in [5, 5.41) is 0. The van der Waals surface area contributed by atoms with Gasteiger partial charge in [0.05, 0.1) is 0 Å². The van der Waals surface area contributed by atoms with Crippen LogP contribution in [-0.2, 0) is 17.6 Å². The Kier molecular flexibility index (Phi) is 8.20. The van der Waals surface area contributed by atoms with E-state index in [1.54, 1.807) is 12.2 Å². The molecule has 2 aromatic rings. The molecule has 136 valence electrons. The van der Waals surface area contributed by atoms with Crippen LogP contribution in [0.15, 0.2) is 73.8 Å². The number of hydrogen-bond donors (Lipinski definition) is 0. The predicted octanol–water partition coefficient (Wildman–Crippen LogP) is 4.95. The normalized spacial score (nSPS) is 10.2. The van der Waals surface area contributed by atoms with Crippen molar-refractivity contribution in [2.75, 3.05) is 13.2 Å². The van der Waals surface area contributed by atoms with Crippen molar-refractivity contribution in [1.29, 1.82) is 0 Å². The van der Waals surface area contributed by atoms with Crippen molar-refractivity contribution in [2.24, 2.45) is 0 Å². The monoisotopic (exact) mass is 350 g/mol. The highest BCUT2D eigenvalue weighted by Gasteiger charge is 2.05. The van der Waals surface area contributed by atoms with E-state index in [1.165, 1.54) is 0 Å². The highest BCUT2D eigenvalue weighted by Crippen LogP contribution is 2.16. The molecule has 0 aliphatic heterocycles. The molecule has 0 aromatic heterocycles. The summed E-state index contributed by atoms with van der Waals surface area (Å²) in [5.74, 6) is 1.92. The summed E-state index contributed by atoms with van der Waals surface area (Å²) in [6, 6.07) is 15.7. The molecule has 0 saturated carbocycles. The first-order chi connectivity index (χ1) is 12.7. The van der Waals surface area contributed by atoms with Crippen LogP contribution in [0.5, 0.6) is 11.5 Å². The summed E-state index contributed by atoms with van der Waals surface area (Å²) in [7, 11) is 0. The SMILES string of the molecule is C=CCOc1ccc(CCC(=O)CCc2ccc(OCC=C)cc2)cc1. The van der Waals surface area contributed by atoms with E-state index >= 15 is 0 Å². The van der Waals surface area contributed by atoms with Crippen molar-refractivity contribution in [2.45, 2.75) is 25.7 Å². The Labute approximate surface area is 156 Å². The Morgan fingerprint density at radius 2 is 1.12 bits per heavy atom. The number of carbonyl (C=O) groups excluding carboxylic acids is 1. The van der Waals surface area contributed by atoms with E-state index in [-0.39, 0.29) is 5.78 Å². The quantitative estimate of drug-likeness (QED) is 0.508. The molecule has 0 fully saturated rings. The van der Waals surface area contributed by atoms with E-state index in [2.05, 4.69) is 13.2 Å². The minimum absolute atomic E-state index is 0.281. The molecule has 0 radical (unpaired) electrons. The summed E-state index contributed by atoms with van der Waals surface area (Å²) in [6.45, 7) is 8.25. The fraction of sp³-hybridized carbons (Fsp3) is 0.261. The molecule has 3 nitrogen and oxygen atoms in total. The first-order valence-electron chi connectivity index (χ1n) is 8.88. The van der Waals surface area contributed by atoms with Gasteiger partial charge in [-0.1, -0.05) is 49.6 Å². The highest BCUT2D eigenvalue weighted by atomic mass is 16.5. The molecule has 3 heteroatoms. The number of ketones is 1. The Morgan fingerprint density at radius 3 is 1.46 bits per heavy atom. The molecule has 0 aliphatic carbocycles. The number of carbonyl (C=O) groups is 1. The molecule has 26 heavy (non-hydrogen) atoms. The zero-order chi connectivity index (χ0) is 18.6. The zero-order valence-electron chi connectivity index (χ0n) is 15.2. The van der Waals surface area contributed by atoms with Crippen molar-refractivity contribution in [1.82, 2.24) is 0 Å². The van der Waals surface area contributed by atoms with E-state index in [9.17, 15) is 4.79 Å². The molecule has 2 aromatic carbocycles. The van der Waals surface area contributed by atoms with Crippen LogP contribution in [0, 0.1) is 0 Å². The molecule has 0 aliphatic rings. The molecular weight excluding hydrogens is 324 g/mol. The lowest BCUT2D eigenvalue weighted by Crippen LogP contribution is -2.02. The molecule has 0 N–H and O–H groups in total. The topological polar surface area (TPSA) is 35.5 Å². The lowest BCUT2D eigenvalue weighted by atomic mass is 10.0. The van der Waals surface area contributed by atoms with E-state index in [0.717, 1.165) is 35.5 Å². The Hall–Kier alpha value is -2.81. The third kappa shape index (κ3) is 6.98. The maximum absolute atomic E-state index is 12.1. The number of benzene rings is 2. The molecule has 0 bridgehead atoms. The van der Waals surface area contributed by atoms with E-state index in [1.807, 2.05) is 48.5 Å². The lowest BCUT2D eigenvalue weighted by Gasteiger charge is -2.06. The van der Waals surface area contributed by atoms with Crippen molar-refractivity contribution in [3.63, 3.8) is 0 Å². The first kappa shape index (κ1) is 19.5. The highest BCUT2D eigenvalue weighted by molar-refractivity contribution is 5.78. The van der Waals surface area contributed by atoms with Crippen LogP contribution >= 0.6 is 0 Å². The van der Waals surface area contributed by atoms with Gasteiger partial charge in [-0.3, -0.25) is 4.79 Å². The molecule has 0 spiro atoms. The summed E-state index contributed by atoms with van der Waals surface area (Å²) >= 11 is 0. The minimum atomic E-state index is 0.281. The fourth-order valence-corrected chi connectivity index (χ4v) is 2.51. The van der Waals surface area contributed by atoms with Gasteiger partial charge in [-0.05, 0) is 48.2 Å². The van der Waals surface area contributed by atoms with Crippen LogP contribution in [0.1, 0.15) is 24.0 Å².